The fourth-order valence-electron chi connectivity index (χ4n) is 8.10. The second-order valence-corrected chi connectivity index (χ2v) is 15.1. The number of methoxy groups -OCH3 is 1. The molecule has 2 aromatic rings. The number of hydrogen-bond acceptors (Lipinski definition) is 7. The van der Waals surface area contributed by atoms with Crippen LogP contribution < -0.4 is 14.8 Å². The molecule has 0 spiro atoms. The van der Waals surface area contributed by atoms with Gasteiger partial charge in [-0.2, -0.15) is 0 Å². The lowest BCUT2D eigenvalue weighted by Crippen LogP contribution is -2.57. The number of benzene rings is 1. The Hall–Kier alpha value is -3.50. The second-order valence-electron chi connectivity index (χ2n) is 15.1. The summed E-state index contributed by atoms with van der Waals surface area (Å²) in [6.45, 7) is 9.14. The van der Waals surface area contributed by atoms with Crippen molar-refractivity contribution >= 4 is 29.2 Å². The Morgan fingerprint density at radius 1 is 1.17 bits per heavy atom. The minimum Gasteiger partial charge on any atom is -0.497 e. The van der Waals surface area contributed by atoms with Crippen LogP contribution in [0.5, 0.6) is 11.6 Å². The minimum atomic E-state index is -3.25. The fraction of sp³-hybridized carbons (Fsp3) is 0.657. The van der Waals surface area contributed by atoms with Crippen molar-refractivity contribution in [2.75, 3.05) is 13.7 Å². The number of amides is 2. The summed E-state index contributed by atoms with van der Waals surface area (Å²) in [5.41, 5.74) is -1.36. The zero-order valence-electron chi connectivity index (χ0n) is 27.5. The lowest BCUT2D eigenvalue weighted by atomic mass is 9.83. The summed E-state index contributed by atoms with van der Waals surface area (Å²) in [5, 5.41) is 3.37. The van der Waals surface area contributed by atoms with E-state index in [4.69, 9.17) is 14.2 Å². The van der Waals surface area contributed by atoms with Crippen LogP contribution in [0.15, 0.2) is 24.3 Å². The summed E-state index contributed by atoms with van der Waals surface area (Å²) >= 11 is 0. The van der Waals surface area contributed by atoms with Crippen molar-refractivity contribution in [1.29, 1.82) is 0 Å². The van der Waals surface area contributed by atoms with E-state index in [0.29, 0.717) is 54.0 Å². The van der Waals surface area contributed by atoms with Gasteiger partial charge in [0.05, 0.1) is 30.8 Å². The molecule has 2 unspecified atom stereocenters. The number of alkyl carbamates (subject to hydrolysis) is 1. The number of nitrogens with zero attached hydrogens (tertiary/aromatic N) is 2. The van der Waals surface area contributed by atoms with E-state index in [2.05, 4.69) is 10.3 Å². The molecule has 8 atom stereocenters. The molecule has 11 heteroatoms. The molecule has 4 aliphatic rings. The van der Waals surface area contributed by atoms with E-state index in [1.807, 2.05) is 27.7 Å². The minimum absolute atomic E-state index is 0.0430. The number of aromatic nitrogens is 1. The van der Waals surface area contributed by atoms with E-state index in [1.165, 1.54) is 18.1 Å². The SMILES string of the molecule is COc1ccc2cc3c(nc2c1)O[C@H]1CN(C(=O)[C@H](C(C)(C)C)NC(=O)O[C@]2(C)CC4CC4[C@H]2CCCCC3(F)F)[C@H](C=O)[C@@H]1C. The van der Waals surface area contributed by atoms with Crippen LogP contribution in [0.2, 0.25) is 0 Å². The molecule has 1 aromatic heterocycles. The van der Waals surface area contributed by atoms with E-state index in [9.17, 15) is 14.4 Å². The molecule has 2 amide bonds. The van der Waals surface area contributed by atoms with Crippen molar-refractivity contribution in [3.8, 4) is 11.6 Å². The number of aldehydes is 1. The maximum absolute atomic E-state index is 16.2. The smallest absolute Gasteiger partial charge is 0.408 e. The molecule has 6 rings (SSSR count). The number of halogens is 2. The topological polar surface area (TPSA) is 107 Å². The third-order valence-corrected chi connectivity index (χ3v) is 10.8. The number of hydrogen-bond donors (Lipinski definition) is 1. The average Bonchev–Trinajstić information content (AvgIpc) is 3.57. The van der Waals surface area contributed by atoms with Gasteiger partial charge in [-0.3, -0.25) is 4.79 Å². The van der Waals surface area contributed by atoms with Gasteiger partial charge in [-0.25, -0.2) is 18.6 Å². The number of fused-ring (bicyclic) bond motifs is 7. The van der Waals surface area contributed by atoms with Crippen molar-refractivity contribution < 1.29 is 37.4 Å². The highest BCUT2D eigenvalue weighted by molar-refractivity contribution is 5.89. The molecule has 2 aliphatic carbocycles. The van der Waals surface area contributed by atoms with Crippen LogP contribution in [0.25, 0.3) is 10.9 Å². The summed E-state index contributed by atoms with van der Waals surface area (Å²) in [5.74, 6) is -3.04. The molecular weight excluding hydrogens is 596 g/mol. The van der Waals surface area contributed by atoms with Gasteiger partial charge in [0.1, 0.15) is 29.8 Å². The Balaban J connectivity index is 1.41. The number of alkyl halides is 2. The third-order valence-electron chi connectivity index (χ3n) is 10.8. The Bertz CT molecular complexity index is 1530. The van der Waals surface area contributed by atoms with Crippen molar-refractivity contribution in [1.82, 2.24) is 15.2 Å². The standard InChI is InChI=1S/C35H45F2N3O6/c1-19-27(18-41)40-17-28(19)45-30-25(14-20-10-11-22(44-6)15-26(20)38-30)35(36,37)12-8-7-9-24-23-13-21(23)16-34(24,5)46-32(43)39-29(31(40)42)33(2,3)4/h10-11,14-15,18-19,21,23-24,27-29H,7-9,12-13,16-17H2,1-6H3,(H,39,43)/t19-,21?,23?,24+,27+,28-,29+,34+/m0/s1. The lowest BCUT2D eigenvalue weighted by molar-refractivity contribution is -0.139. The average molecular weight is 642 g/mol. The Labute approximate surface area is 268 Å². The van der Waals surface area contributed by atoms with Crippen LogP contribution in [-0.4, -0.2) is 65.6 Å². The largest absolute Gasteiger partial charge is 0.497 e. The molecule has 0 radical (unpaired) electrons. The van der Waals surface area contributed by atoms with E-state index in [0.717, 1.165) is 6.42 Å². The number of carbonyl (C=O) groups is 3. The van der Waals surface area contributed by atoms with Crippen LogP contribution in [0.3, 0.4) is 0 Å². The number of nitrogens with one attached hydrogen (secondary N) is 1. The van der Waals surface area contributed by atoms with Crippen molar-refractivity contribution in [3.63, 3.8) is 0 Å². The molecule has 2 aliphatic heterocycles. The van der Waals surface area contributed by atoms with Gasteiger partial charge < -0.3 is 29.2 Å². The third kappa shape index (κ3) is 5.90. The predicted octanol–water partition coefficient (Wildman–Crippen LogP) is 6.26. The zero-order valence-corrected chi connectivity index (χ0v) is 27.5. The highest BCUT2D eigenvalue weighted by atomic mass is 19.3. The maximum atomic E-state index is 16.2. The molecule has 250 valence electrons. The van der Waals surface area contributed by atoms with E-state index < -0.39 is 59.5 Å². The summed E-state index contributed by atoms with van der Waals surface area (Å²) in [6, 6.07) is 4.58. The van der Waals surface area contributed by atoms with E-state index >= 15 is 8.78 Å². The molecule has 1 N–H and O–H groups in total. The Kier molecular flexibility index (Phi) is 8.20. The molecule has 46 heavy (non-hydrogen) atoms. The van der Waals surface area contributed by atoms with Gasteiger partial charge >= 0.3 is 6.09 Å². The van der Waals surface area contributed by atoms with E-state index in [1.54, 1.807) is 25.1 Å². The molecule has 3 fully saturated rings. The van der Waals surface area contributed by atoms with Gasteiger partial charge in [0.25, 0.3) is 5.92 Å². The zero-order chi connectivity index (χ0) is 33.2. The molecule has 2 bridgehead atoms. The molecule has 1 aromatic carbocycles. The predicted molar refractivity (Wildman–Crippen MR) is 167 cm³/mol. The first-order chi connectivity index (χ1) is 21.6. The molecular formula is C35H45F2N3O6. The Morgan fingerprint density at radius 3 is 2.63 bits per heavy atom. The second kappa shape index (κ2) is 11.6. The summed E-state index contributed by atoms with van der Waals surface area (Å²) in [6.07, 6.45) is 2.04. The number of pyridine rings is 1. The summed E-state index contributed by atoms with van der Waals surface area (Å²) in [4.78, 5) is 46.0. The van der Waals surface area contributed by atoms with Crippen LogP contribution in [0.4, 0.5) is 13.6 Å². The highest BCUT2D eigenvalue weighted by Crippen LogP contribution is 2.62. The highest BCUT2D eigenvalue weighted by Gasteiger charge is 2.61. The Morgan fingerprint density at radius 2 is 1.93 bits per heavy atom. The van der Waals surface area contributed by atoms with Crippen LogP contribution in [-0.2, 0) is 20.2 Å². The van der Waals surface area contributed by atoms with E-state index in [-0.39, 0.29) is 30.3 Å². The molecule has 9 nitrogen and oxygen atoms in total. The quantitative estimate of drug-likeness (QED) is 0.386. The first-order valence-electron chi connectivity index (χ1n) is 16.4. The summed E-state index contributed by atoms with van der Waals surface area (Å²) < 4.78 is 50.0. The van der Waals surface area contributed by atoms with Gasteiger partial charge in [0.2, 0.25) is 11.8 Å². The van der Waals surface area contributed by atoms with Gasteiger partial charge in [-0.15, -0.1) is 0 Å². The lowest BCUT2D eigenvalue weighted by Gasteiger charge is -2.37. The first kappa shape index (κ1) is 32.4. The first-order valence-corrected chi connectivity index (χ1v) is 16.4. The van der Waals surface area contributed by atoms with Crippen LogP contribution in [0, 0.1) is 29.1 Å². The van der Waals surface area contributed by atoms with Crippen molar-refractivity contribution in [3.05, 3.63) is 29.8 Å². The normalized spacial score (nSPS) is 34.6. The van der Waals surface area contributed by atoms with Gasteiger partial charge in [0, 0.05) is 29.7 Å². The molecule has 2 saturated carbocycles. The monoisotopic (exact) mass is 641 g/mol. The van der Waals surface area contributed by atoms with Gasteiger partial charge in [0.15, 0.2) is 0 Å². The number of rotatable bonds is 2. The number of carbonyl (C=O) groups excluding carboxylic acids is 3. The maximum Gasteiger partial charge on any atom is 0.408 e. The van der Waals surface area contributed by atoms with Crippen molar-refractivity contribution in [2.24, 2.45) is 29.1 Å². The van der Waals surface area contributed by atoms with Crippen LogP contribution in [0.1, 0.15) is 78.7 Å². The number of ether oxygens (including phenoxy) is 3. The van der Waals surface area contributed by atoms with Gasteiger partial charge in [-0.05, 0) is 68.1 Å². The fourth-order valence-corrected chi connectivity index (χ4v) is 8.10. The summed E-state index contributed by atoms with van der Waals surface area (Å²) in [7, 11) is 1.52. The molecule has 3 heterocycles. The van der Waals surface area contributed by atoms with Crippen molar-refractivity contribution in [2.45, 2.75) is 103 Å². The van der Waals surface area contributed by atoms with Gasteiger partial charge in [-0.1, -0.05) is 34.1 Å². The molecule has 1 saturated heterocycles. The van der Waals surface area contributed by atoms with Crippen LogP contribution >= 0.6 is 0 Å².